The molecule has 1 heterocycles. The monoisotopic (exact) mass is 213 g/mol. The van der Waals surface area contributed by atoms with Crippen molar-refractivity contribution in [1.29, 1.82) is 0 Å². The van der Waals surface area contributed by atoms with Crippen molar-refractivity contribution in [3.05, 3.63) is 11.8 Å². The van der Waals surface area contributed by atoms with Crippen molar-refractivity contribution in [2.45, 2.75) is 32.7 Å². The standard InChI is InChI=1S/C10H19N3O2/c1-10(2,3)9-12-11-8(15-9)7-13(4)5-6-14/h14H,5-7H2,1-4H3. The van der Waals surface area contributed by atoms with E-state index in [1.165, 1.54) is 0 Å². The summed E-state index contributed by atoms with van der Waals surface area (Å²) in [5, 5.41) is 16.7. The maximum atomic E-state index is 8.74. The van der Waals surface area contributed by atoms with Gasteiger partial charge in [0.2, 0.25) is 11.8 Å². The zero-order chi connectivity index (χ0) is 11.5. The van der Waals surface area contributed by atoms with Gasteiger partial charge in [0.25, 0.3) is 0 Å². The largest absolute Gasteiger partial charge is 0.423 e. The Morgan fingerprint density at radius 3 is 2.47 bits per heavy atom. The summed E-state index contributed by atoms with van der Waals surface area (Å²) in [6, 6.07) is 0. The van der Waals surface area contributed by atoms with Gasteiger partial charge in [0.1, 0.15) is 0 Å². The quantitative estimate of drug-likeness (QED) is 0.801. The van der Waals surface area contributed by atoms with E-state index in [-0.39, 0.29) is 12.0 Å². The Kier molecular flexibility index (Phi) is 3.82. The minimum absolute atomic E-state index is 0.110. The first kappa shape index (κ1) is 12.1. The smallest absolute Gasteiger partial charge is 0.230 e. The maximum absolute atomic E-state index is 8.74. The molecule has 5 nitrogen and oxygen atoms in total. The molecular formula is C10H19N3O2. The molecule has 0 unspecified atom stereocenters. The minimum atomic E-state index is -0.110. The van der Waals surface area contributed by atoms with E-state index in [1.54, 1.807) is 0 Å². The molecule has 15 heavy (non-hydrogen) atoms. The molecule has 0 amide bonds. The van der Waals surface area contributed by atoms with E-state index >= 15 is 0 Å². The summed E-state index contributed by atoms with van der Waals surface area (Å²) in [5.41, 5.74) is -0.110. The number of likely N-dealkylation sites (N-methyl/N-ethyl adjacent to an activating group) is 1. The highest BCUT2D eigenvalue weighted by Gasteiger charge is 2.21. The van der Waals surface area contributed by atoms with Crippen LogP contribution in [-0.2, 0) is 12.0 Å². The number of hydrogen-bond donors (Lipinski definition) is 1. The molecule has 0 spiro atoms. The fourth-order valence-electron chi connectivity index (χ4n) is 1.10. The predicted octanol–water partition coefficient (Wildman–Crippen LogP) is 0.791. The Labute approximate surface area is 90.1 Å². The molecule has 0 aliphatic carbocycles. The van der Waals surface area contributed by atoms with Crippen LogP contribution in [0.3, 0.4) is 0 Å². The van der Waals surface area contributed by atoms with Crippen molar-refractivity contribution in [3.63, 3.8) is 0 Å². The molecule has 1 aromatic rings. The van der Waals surface area contributed by atoms with E-state index in [9.17, 15) is 0 Å². The Hall–Kier alpha value is -0.940. The van der Waals surface area contributed by atoms with Crippen molar-refractivity contribution < 1.29 is 9.52 Å². The zero-order valence-electron chi connectivity index (χ0n) is 9.82. The van der Waals surface area contributed by atoms with Crippen LogP contribution in [0.5, 0.6) is 0 Å². The number of aliphatic hydroxyl groups is 1. The van der Waals surface area contributed by atoms with Crippen molar-refractivity contribution >= 4 is 0 Å². The van der Waals surface area contributed by atoms with Crippen LogP contribution in [0, 0.1) is 0 Å². The second-order valence-corrected chi connectivity index (χ2v) is 4.71. The molecule has 86 valence electrons. The molecule has 0 bridgehead atoms. The van der Waals surface area contributed by atoms with Crippen LogP contribution >= 0.6 is 0 Å². The SMILES string of the molecule is CN(CCO)Cc1nnc(C(C)(C)C)o1. The molecule has 0 saturated heterocycles. The summed E-state index contributed by atoms with van der Waals surface area (Å²) in [5.74, 6) is 1.24. The average Bonchev–Trinajstić information content (AvgIpc) is 2.52. The molecule has 1 aromatic heterocycles. The maximum Gasteiger partial charge on any atom is 0.230 e. The molecule has 0 fully saturated rings. The van der Waals surface area contributed by atoms with Gasteiger partial charge in [-0.3, -0.25) is 4.90 Å². The van der Waals surface area contributed by atoms with Gasteiger partial charge >= 0.3 is 0 Å². The normalized spacial score (nSPS) is 12.4. The molecule has 0 aliphatic rings. The molecule has 0 aromatic carbocycles. The molecule has 0 atom stereocenters. The van der Waals surface area contributed by atoms with Gasteiger partial charge in [-0.25, -0.2) is 0 Å². The van der Waals surface area contributed by atoms with Crippen LogP contribution in [0.2, 0.25) is 0 Å². The van der Waals surface area contributed by atoms with Crippen LogP contribution in [0.1, 0.15) is 32.6 Å². The molecule has 0 saturated carbocycles. The summed E-state index contributed by atoms with van der Waals surface area (Å²) in [6.45, 7) is 7.40. The summed E-state index contributed by atoms with van der Waals surface area (Å²) in [4.78, 5) is 1.93. The molecule has 5 heteroatoms. The van der Waals surface area contributed by atoms with Crippen molar-refractivity contribution in [2.75, 3.05) is 20.2 Å². The van der Waals surface area contributed by atoms with Crippen LogP contribution in [0.15, 0.2) is 4.42 Å². The lowest BCUT2D eigenvalue weighted by Crippen LogP contribution is -2.21. The van der Waals surface area contributed by atoms with E-state index < -0.39 is 0 Å². The molecule has 0 aliphatic heterocycles. The van der Waals surface area contributed by atoms with Gasteiger partial charge in [-0.15, -0.1) is 10.2 Å². The number of rotatable bonds is 4. The number of aromatic nitrogens is 2. The molecule has 1 rings (SSSR count). The first-order valence-electron chi connectivity index (χ1n) is 5.05. The average molecular weight is 213 g/mol. The third-order valence-corrected chi connectivity index (χ3v) is 2.00. The van der Waals surface area contributed by atoms with Crippen LogP contribution in [-0.4, -0.2) is 40.4 Å². The van der Waals surface area contributed by atoms with Gasteiger partial charge in [0, 0.05) is 12.0 Å². The van der Waals surface area contributed by atoms with E-state index in [0.29, 0.717) is 24.9 Å². The number of aliphatic hydroxyl groups excluding tert-OH is 1. The fraction of sp³-hybridized carbons (Fsp3) is 0.800. The second kappa shape index (κ2) is 4.72. The van der Waals surface area contributed by atoms with Gasteiger partial charge in [-0.2, -0.15) is 0 Å². The minimum Gasteiger partial charge on any atom is -0.423 e. The summed E-state index contributed by atoms with van der Waals surface area (Å²) >= 11 is 0. The van der Waals surface area contributed by atoms with Gasteiger partial charge in [0.05, 0.1) is 13.2 Å². The fourth-order valence-corrected chi connectivity index (χ4v) is 1.10. The summed E-state index contributed by atoms with van der Waals surface area (Å²) in [7, 11) is 1.90. The van der Waals surface area contributed by atoms with Crippen LogP contribution < -0.4 is 0 Å². The van der Waals surface area contributed by atoms with Gasteiger partial charge in [0.15, 0.2) is 0 Å². The molecule has 1 N–H and O–H groups in total. The highest BCUT2D eigenvalue weighted by Crippen LogP contribution is 2.20. The van der Waals surface area contributed by atoms with Gasteiger partial charge < -0.3 is 9.52 Å². The van der Waals surface area contributed by atoms with Gasteiger partial charge in [-0.1, -0.05) is 20.8 Å². The lowest BCUT2D eigenvalue weighted by atomic mass is 9.97. The first-order valence-corrected chi connectivity index (χ1v) is 5.05. The number of hydrogen-bond acceptors (Lipinski definition) is 5. The predicted molar refractivity (Wildman–Crippen MR) is 56.4 cm³/mol. The third kappa shape index (κ3) is 3.60. The van der Waals surface area contributed by atoms with Crippen LogP contribution in [0.4, 0.5) is 0 Å². The van der Waals surface area contributed by atoms with Crippen molar-refractivity contribution in [2.24, 2.45) is 0 Å². The highest BCUT2D eigenvalue weighted by molar-refractivity contribution is 4.95. The van der Waals surface area contributed by atoms with Crippen molar-refractivity contribution in [1.82, 2.24) is 15.1 Å². The lowest BCUT2D eigenvalue weighted by molar-refractivity contribution is 0.203. The van der Waals surface area contributed by atoms with E-state index in [4.69, 9.17) is 9.52 Å². The number of nitrogens with zero attached hydrogens (tertiary/aromatic N) is 3. The van der Waals surface area contributed by atoms with Gasteiger partial charge in [-0.05, 0) is 7.05 Å². The topological polar surface area (TPSA) is 62.4 Å². The Morgan fingerprint density at radius 2 is 2.00 bits per heavy atom. The van der Waals surface area contributed by atoms with Crippen LogP contribution in [0.25, 0.3) is 0 Å². The molecular weight excluding hydrogens is 194 g/mol. The van der Waals surface area contributed by atoms with E-state index in [0.717, 1.165) is 0 Å². The summed E-state index contributed by atoms with van der Waals surface area (Å²) < 4.78 is 5.52. The third-order valence-electron chi connectivity index (χ3n) is 2.00. The zero-order valence-corrected chi connectivity index (χ0v) is 9.82. The summed E-state index contributed by atoms with van der Waals surface area (Å²) in [6.07, 6.45) is 0. The van der Waals surface area contributed by atoms with E-state index in [2.05, 4.69) is 10.2 Å². The Bertz CT molecular complexity index is 304. The van der Waals surface area contributed by atoms with E-state index in [1.807, 2.05) is 32.7 Å². The van der Waals surface area contributed by atoms with Crippen molar-refractivity contribution in [3.8, 4) is 0 Å². The first-order chi connectivity index (χ1) is 6.93. The Morgan fingerprint density at radius 1 is 1.33 bits per heavy atom. The highest BCUT2D eigenvalue weighted by atomic mass is 16.4. The second-order valence-electron chi connectivity index (χ2n) is 4.71. The molecule has 0 radical (unpaired) electrons. The lowest BCUT2D eigenvalue weighted by Gasteiger charge is -2.13. The Balaban J connectivity index is 2.61.